The minimum atomic E-state index is -0.848. The van der Waals surface area contributed by atoms with Crippen LogP contribution in [0.15, 0.2) is 46.2 Å². The molecule has 0 spiro atoms. The first-order valence-electron chi connectivity index (χ1n) is 9.25. The molecule has 0 aromatic carbocycles. The van der Waals surface area contributed by atoms with Crippen molar-refractivity contribution in [2.24, 2.45) is 5.10 Å². The number of furan rings is 1. The van der Waals surface area contributed by atoms with Gasteiger partial charge in [0.2, 0.25) is 0 Å². The van der Waals surface area contributed by atoms with Crippen molar-refractivity contribution in [3.8, 4) is 5.82 Å². The highest BCUT2D eigenvalue weighted by Gasteiger charge is 2.15. The largest absolute Gasteiger partial charge is 0.467 e. The average Bonchev–Trinajstić information content (AvgIpc) is 3.41. The highest BCUT2D eigenvalue weighted by atomic mass is 16.3. The van der Waals surface area contributed by atoms with Crippen molar-refractivity contribution >= 4 is 18.0 Å². The van der Waals surface area contributed by atoms with Crippen LogP contribution in [0.1, 0.15) is 42.6 Å². The molecule has 3 aromatic rings. The minimum Gasteiger partial charge on any atom is -0.467 e. The maximum atomic E-state index is 11.9. The van der Waals surface area contributed by atoms with Crippen molar-refractivity contribution in [2.45, 2.75) is 40.3 Å². The lowest BCUT2D eigenvalue weighted by atomic mass is 10.3. The zero-order chi connectivity index (χ0) is 21.0. The first kappa shape index (κ1) is 20.1. The second kappa shape index (κ2) is 8.59. The summed E-state index contributed by atoms with van der Waals surface area (Å²) in [6.07, 6.45) is 4.78. The average molecular weight is 396 g/mol. The van der Waals surface area contributed by atoms with Crippen LogP contribution in [0.4, 0.5) is 0 Å². The van der Waals surface area contributed by atoms with Crippen LogP contribution in [0.3, 0.4) is 0 Å². The second-order valence-corrected chi connectivity index (χ2v) is 6.85. The molecule has 0 saturated heterocycles. The van der Waals surface area contributed by atoms with Crippen molar-refractivity contribution in [3.05, 3.63) is 59.4 Å². The Balaban J connectivity index is 1.66. The predicted octanol–water partition coefficient (Wildman–Crippen LogP) is 2.23. The van der Waals surface area contributed by atoms with E-state index in [1.807, 2.05) is 30.7 Å². The van der Waals surface area contributed by atoms with Crippen molar-refractivity contribution in [1.82, 2.24) is 25.1 Å². The number of carbonyl (C=O) groups is 2. The lowest BCUT2D eigenvalue weighted by Crippen LogP contribution is -2.37. The Morgan fingerprint density at radius 3 is 2.76 bits per heavy atom. The fourth-order valence-electron chi connectivity index (χ4n) is 3.03. The van der Waals surface area contributed by atoms with E-state index >= 15 is 0 Å². The van der Waals surface area contributed by atoms with Gasteiger partial charge in [0.05, 0.1) is 25.2 Å². The first-order valence-corrected chi connectivity index (χ1v) is 9.25. The van der Waals surface area contributed by atoms with E-state index in [1.54, 1.807) is 18.3 Å². The summed E-state index contributed by atoms with van der Waals surface area (Å²) < 4.78 is 9.11. The summed E-state index contributed by atoms with van der Waals surface area (Å²) in [5.74, 6) is -0.122. The number of rotatable bonds is 6. The van der Waals surface area contributed by atoms with Crippen LogP contribution in [-0.4, -0.2) is 32.4 Å². The van der Waals surface area contributed by atoms with Crippen LogP contribution in [-0.2, 0) is 16.1 Å². The molecule has 9 heteroatoms. The summed E-state index contributed by atoms with van der Waals surface area (Å²) in [5, 5.41) is 10.8. The fourth-order valence-corrected chi connectivity index (χ4v) is 3.03. The molecule has 152 valence electrons. The smallest absolute Gasteiger partial charge is 0.329 e. The summed E-state index contributed by atoms with van der Waals surface area (Å²) >= 11 is 0. The van der Waals surface area contributed by atoms with Gasteiger partial charge in [-0.15, -0.1) is 0 Å². The molecule has 0 aliphatic carbocycles. The van der Waals surface area contributed by atoms with Gasteiger partial charge < -0.3 is 14.3 Å². The van der Waals surface area contributed by atoms with Gasteiger partial charge in [-0.25, -0.2) is 10.1 Å². The topological polar surface area (TPSA) is 106 Å². The zero-order valence-corrected chi connectivity index (χ0v) is 16.8. The minimum absolute atomic E-state index is 0.133. The third kappa shape index (κ3) is 4.45. The normalized spacial score (nSPS) is 11.3. The molecule has 3 aromatic heterocycles. The Kier molecular flexibility index (Phi) is 5.96. The van der Waals surface area contributed by atoms with Gasteiger partial charge in [-0.05, 0) is 45.9 Å². The Labute approximate surface area is 168 Å². The van der Waals surface area contributed by atoms with Crippen molar-refractivity contribution in [2.75, 3.05) is 0 Å². The van der Waals surface area contributed by atoms with E-state index in [0.717, 1.165) is 22.8 Å². The van der Waals surface area contributed by atoms with Gasteiger partial charge in [0.1, 0.15) is 11.6 Å². The van der Waals surface area contributed by atoms with Gasteiger partial charge >= 0.3 is 11.8 Å². The Hall–Kier alpha value is -3.62. The summed E-state index contributed by atoms with van der Waals surface area (Å²) in [7, 11) is 0. The van der Waals surface area contributed by atoms with Gasteiger partial charge in [-0.2, -0.15) is 10.2 Å². The molecule has 2 N–H and O–H groups in total. The van der Waals surface area contributed by atoms with Gasteiger partial charge in [0.25, 0.3) is 0 Å². The molecule has 0 bridgehead atoms. The van der Waals surface area contributed by atoms with Crippen molar-refractivity contribution < 1.29 is 14.0 Å². The van der Waals surface area contributed by atoms with E-state index in [1.165, 1.54) is 12.5 Å². The Bertz CT molecular complexity index is 1030. The molecule has 2 amide bonds. The van der Waals surface area contributed by atoms with E-state index < -0.39 is 11.8 Å². The molecular formula is C20H24N6O3. The highest BCUT2D eigenvalue weighted by molar-refractivity contribution is 6.35. The second-order valence-electron chi connectivity index (χ2n) is 6.85. The van der Waals surface area contributed by atoms with E-state index in [0.29, 0.717) is 5.76 Å². The molecule has 3 rings (SSSR count). The monoisotopic (exact) mass is 396 g/mol. The lowest BCUT2D eigenvalue weighted by Gasteiger charge is -2.14. The first-order chi connectivity index (χ1) is 13.9. The van der Waals surface area contributed by atoms with Gasteiger partial charge in [0, 0.05) is 29.1 Å². The Morgan fingerprint density at radius 2 is 2.07 bits per heavy atom. The summed E-state index contributed by atoms with van der Waals surface area (Å²) in [4.78, 5) is 23.7. The molecule has 3 heterocycles. The highest BCUT2D eigenvalue weighted by Crippen LogP contribution is 2.21. The number of aromatic nitrogens is 3. The van der Waals surface area contributed by atoms with Crippen molar-refractivity contribution in [3.63, 3.8) is 0 Å². The van der Waals surface area contributed by atoms with Crippen LogP contribution in [0.25, 0.3) is 5.82 Å². The number of hydrogen-bond donors (Lipinski definition) is 2. The number of nitrogens with one attached hydrogen (secondary N) is 2. The molecule has 0 unspecified atom stereocenters. The maximum absolute atomic E-state index is 11.9. The molecule has 0 radical (unpaired) electrons. The van der Waals surface area contributed by atoms with E-state index in [-0.39, 0.29) is 12.6 Å². The van der Waals surface area contributed by atoms with Crippen molar-refractivity contribution in [1.29, 1.82) is 0 Å². The predicted molar refractivity (Wildman–Crippen MR) is 108 cm³/mol. The molecular weight excluding hydrogens is 372 g/mol. The van der Waals surface area contributed by atoms with Crippen LogP contribution in [0, 0.1) is 13.8 Å². The molecule has 0 saturated carbocycles. The van der Waals surface area contributed by atoms with E-state index in [2.05, 4.69) is 39.4 Å². The molecule has 9 nitrogen and oxygen atoms in total. The SMILES string of the molecule is Cc1cc(/C=N\NC(=O)C(=O)NCc2ccco2)c(C)n1-c1ccnn1C(C)C. The quantitative estimate of drug-likeness (QED) is 0.378. The molecule has 0 fully saturated rings. The third-order valence-corrected chi connectivity index (χ3v) is 4.42. The van der Waals surface area contributed by atoms with Gasteiger partial charge in [0.15, 0.2) is 0 Å². The van der Waals surface area contributed by atoms with Crippen LogP contribution < -0.4 is 10.7 Å². The number of amides is 2. The number of hydrogen-bond acceptors (Lipinski definition) is 5. The molecule has 0 aliphatic rings. The maximum Gasteiger partial charge on any atom is 0.329 e. The Morgan fingerprint density at radius 1 is 1.28 bits per heavy atom. The number of carbonyl (C=O) groups excluding carboxylic acids is 2. The summed E-state index contributed by atoms with van der Waals surface area (Å²) in [6.45, 7) is 8.22. The molecule has 29 heavy (non-hydrogen) atoms. The lowest BCUT2D eigenvalue weighted by molar-refractivity contribution is -0.139. The van der Waals surface area contributed by atoms with E-state index in [4.69, 9.17) is 4.42 Å². The standard InChI is InChI=1S/C20H24N6O3/c1-13(2)26-18(7-8-23-26)25-14(3)10-16(15(25)4)11-22-24-20(28)19(27)21-12-17-6-5-9-29-17/h5-11,13H,12H2,1-4H3,(H,21,27)(H,24,28)/b22-11-. The third-order valence-electron chi connectivity index (χ3n) is 4.42. The zero-order valence-electron chi connectivity index (χ0n) is 16.8. The number of hydrazone groups is 1. The van der Waals surface area contributed by atoms with Gasteiger partial charge in [-0.1, -0.05) is 0 Å². The van der Waals surface area contributed by atoms with Crippen LogP contribution in [0.2, 0.25) is 0 Å². The van der Waals surface area contributed by atoms with Gasteiger partial charge in [-0.3, -0.25) is 9.59 Å². The van der Waals surface area contributed by atoms with E-state index in [9.17, 15) is 9.59 Å². The number of aryl methyl sites for hydroxylation is 1. The van der Waals surface area contributed by atoms with Crippen LogP contribution in [0.5, 0.6) is 0 Å². The molecule has 0 aliphatic heterocycles. The van der Waals surface area contributed by atoms with Crippen LogP contribution >= 0.6 is 0 Å². The summed E-state index contributed by atoms with van der Waals surface area (Å²) in [6, 6.07) is 7.54. The summed E-state index contributed by atoms with van der Waals surface area (Å²) in [5.41, 5.74) is 5.03. The molecule has 0 atom stereocenters. The fraction of sp³-hybridized carbons (Fsp3) is 0.300. The number of nitrogens with zero attached hydrogens (tertiary/aromatic N) is 4.